The standard InChI is InChI=1S/C29H40N2O4/c1-5-6-17-30-27(32)21-34-26-16-15-23-13-10-14-25(18-24(23)19-26)31(28(33)35-29(2,3)4)20-22-11-8-7-9-12-22/h7-9,11-12,15-16,19,25H,5-6,10,13-14,17-18,20-21H2,1-4H3,(H,30,32). The number of nitrogens with zero attached hydrogens (tertiary/aromatic N) is 1. The van der Waals surface area contributed by atoms with Crippen LogP contribution in [0.4, 0.5) is 4.79 Å². The minimum atomic E-state index is -0.562. The Morgan fingerprint density at radius 1 is 1.09 bits per heavy atom. The minimum Gasteiger partial charge on any atom is -0.484 e. The van der Waals surface area contributed by atoms with Gasteiger partial charge in [-0.15, -0.1) is 0 Å². The highest BCUT2D eigenvalue weighted by molar-refractivity contribution is 5.77. The van der Waals surface area contributed by atoms with Crippen LogP contribution < -0.4 is 10.1 Å². The van der Waals surface area contributed by atoms with Crippen molar-refractivity contribution in [3.05, 3.63) is 65.2 Å². The van der Waals surface area contributed by atoms with Crippen molar-refractivity contribution in [1.29, 1.82) is 0 Å². The number of benzene rings is 2. The molecule has 6 nitrogen and oxygen atoms in total. The SMILES string of the molecule is CCCCNC(=O)COc1ccc2c(c1)CC(N(Cc1ccccc1)C(=O)OC(C)(C)C)CCC2. The third-order valence-corrected chi connectivity index (χ3v) is 6.10. The van der Waals surface area contributed by atoms with Gasteiger partial charge in [0.05, 0.1) is 0 Å². The highest BCUT2D eigenvalue weighted by Crippen LogP contribution is 2.29. The number of hydrogen-bond acceptors (Lipinski definition) is 4. The van der Waals surface area contributed by atoms with E-state index in [1.54, 1.807) is 0 Å². The first-order valence-electron chi connectivity index (χ1n) is 12.8. The number of carbonyl (C=O) groups excluding carboxylic acids is 2. The molecule has 6 heteroatoms. The maximum absolute atomic E-state index is 13.3. The van der Waals surface area contributed by atoms with E-state index in [9.17, 15) is 9.59 Å². The van der Waals surface area contributed by atoms with Crippen molar-refractivity contribution >= 4 is 12.0 Å². The molecule has 1 unspecified atom stereocenters. The molecule has 1 aliphatic rings. The number of hydrogen-bond donors (Lipinski definition) is 1. The summed E-state index contributed by atoms with van der Waals surface area (Å²) in [5.41, 5.74) is 2.95. The first kappa shape index (κ1) is 26.6. The van der Waals surface area contributed by atoms with E-state index in [-0.39, 0.29) is 24.6 Å². The van der Waals surface area contributed by atoms with Crippen molar-refractivity contribution in [2.24, 2.45) is 0 Å². The van der Waals surface area contributed by atoms with Crippen LogP contribution in [0.25, 0.3) is 0 Å². The summed E-state index contributed by atoms with van der Waals surface area (Å²) >= 11 is 0. The fourth-order valence-electron chi connectivity index (χ4n) is 4.32. The Kier molecular flexibility index (Phi) is 9.58. The van der Waals surface area contributed by atoms with Crippen LogP contribution in [0.15, 0.2) is 48.5 Å². The molecule has 190 valence electrons. The Morgan fingerprint density at radius 3 is 2.57 bits per heavy atom. The van der Waals surface area contributed by atoms with E-state index in [4.69, 9.17) is 9.47 Å². The first-order chi connectivity index (χ1) is 16.7. The van der Waals surface area contributed by atoms with E-state index < -0.39 is 5.60 Å². The Balaban J connectivity index is 1.75. The molecular formula is C29H40N2O4. The van der Waals surface area contributed by atoms with Gasteiger partial charge in [-0.25, -0.2) is 4.79 Å². The second kappa shape index (κ2) is 12.6. The van der Waals surface area contributed by atoms with Crippen LogP contribution in [-0.2, 0) is 28.9 Å². The van der Waals surface area contributed by atoms with E-state index in [1.807, 2.05) is 68.1 Å². The Bertz CT molecular complexity index is 968. The average molecular weight is 481 g/mol. The van der Waals surface area contributed by atoms with Gasteiger partial charge in [0.1, 0.15) is 11.4 Å². The number of amides is 2. The van der Waals surface area contributed by atoms with Crippen LogP contribution in [0.3, 0.4) is 0 Å². The summed E-state index contributed by atoms with van der Waals surface area (Å²) < 4.78 is 11.6. The van der Waals surface area contributed by atoms with E-state index in [1.165, 1.54) is 5.56 Å². The summed E-state index contributed by atoms with van der Waals surface area (Å²) in [6, 6.07) is 16.1. The zero-order valence-electron chi connectivity index (χ0n) is 21.6. The topological polar surface area (TPSA) is 67.9 Å². The molecule has 2 aromatic rings. The average Bonchev–Trinajstić information content (AvgIpc) is 3.02. The fourth-order valence-corrected chi connectivity index (χ4v) is 4.32. The maximum Gasteiger partial charge on any atom is 0.410 e. The molecule has 0 spiro atoms. The normalized spacial score (nSPS) is 15.5. The number of nitrogens with one attached hydrogen (secondary N) is 1. The lowest BCUT2D eigenvalue weighted by Gasteiger charge is -2.33. The van der Waals surface area contributed by atoms with Gasteiger partial charge < -0.3 is 19.7 Å². The smallest absolute Gasteiger partial charge is 0.410 e. The Hall–Kier alpha value is -3.02. The molecule has 0 bridgehead atoms. The van der Waals surface area contributed by atoms with Crippen LogP contribution in [0.5, 0.6) is 5.75 Å². The molecule has 2 amide bonds. The number of ether oxygens (including phenoxy) is 2. The number of aryl methyl sites for hydroxylation is 1. The summed E-state index contributed by atoms with van der Waals surface area (Å²) in [6.07, 6.45) is 5.29. The number of fused-ring (bicyclic) bond motifs is 1. The van der Waals surface area contributed by atoms with Crippen LogP contribution in [-0.4, -0.2) is 41.7 Å². The molecular weight excluding hydrogens is 440 g/mol. The number of unbranched alkanes of at least 4 members (excludes halogenated alkanes) is 1. The van der Waals surface area contributed by atoms with Crippen molar-refractivity contribution in [1.82, 2.24) is 10.2 Å². The molecule has 0 radical (unpaired) electrons. The van der Waals surface area contributed by atoms with Crippen molar-refractivity contribution in [2.45, 2.75) is 84.4 Å². The summed E-state index contributed by atoms with van der Waals surface area (Å²) in [7, 11) is 0. The van der Waals surface area contributed by atoms with Gasteiger partial charge in [-0.05, 0) is 81.7 Å². The molecule has 0 heterocycles. The molecule has 0 saturated carbocycles. The van der Waals surface area contributed by atoms with Crippen LogP contribution >= 0.6 is 0 Å². The highest BCUT2D eigenvalue weighted by atomic mass is 16.6. The molecule has 1 N–H and O–H groups in total. The second-order valence-corrected chi connectivity index (χ2v) is 10.3. The summed E-state index contributed by atoms with van der Waals surface area (Å²) in [6.45, 7) is 8.97. The zero-order valence-corrected chi connectivity index (χ0v) is 21.6. The monoisotopic (exact) mass is 480 g/mol. The van der Waals surface area contributed by atoms with Gasteiger partial charge >= 0.3 is 6.09 Å². The first-order valence-corrected chi connectivity index (χ1v) is 12.8. The van der Waals surface area contributed by atoms with Gasteiger partial charge in [0, 0.05) is 19.1 Å². The second-order valence-electron chi connectivity index (χ2n) is 10.3. The predicted molar refractivity (Wildman–Crippen MR) is 139 cm³/mol. The summed E-state index contributed by atoms with van der Waals surface area (Å²) in [5.74, 6) is 0.576. The number of carbonyl (C=O) groups is 2. The lowest BCUT2D eigenvalue weighted by atomic mass is 10.0. The highest BCUT2D eigenvalue weighted by Gasteiger charge is 2.30. The Morgan fingerprint density at radius 2 is 1.86 bits per heavy atom. The molecule has 0 aliphatic heterocycles. The van der Waals surface area contributed by atoms with Crippen LogP contribution in [0.1, 0.15) is 70.1 Å². The summed E-state index contributed by atoms with van der Waals surface area (Å²) in [5, 5.41) is 2.88. The van der Waals surface area contributed by atoms with Crippen molar-refractivity contribution in [3.63, 3.8) is 0 Å². The van der Waals surface area contributed by atoms with Gasteiger partial charge in [0.2, 0.25) is 0 Å². The predicted octanol–water partition coefficient (Wildman–Crippen LogP) is 5.67. The van der Waals surface area contributed by atoms with Crippen LogP contribution in [0.2, 0.25) is 0 Å². The molecule has 0 fully saturated rings. The Labute approximate surface area is 210 Å². The van der Waals surface area contributed by atoms with Gasteiger partial charge in [-0.3, -0.25) is 4.79 Å². The lowest BCUT2D eigenvalue weighted by molar-refractivity contribution is -0.123. The fraction of sp³-hybridized carbons (Fsp3) is 0.517. The molecule has 1 aliphatic carbocycles. The minimum absolute atomic E-state index is 0.00394. The molecule has 35 heavy (non-hydrogen) atoms. The molecule has 1 atom stereocenters. The third-order valence-electron chi connectivity index (χ3n) is 6.10. The van der Waals surface area contributed by atoms with Gasteiger partial charge in [0.25, 0.3) is 5.91 Å². The van der Waals surface area contributed by atoms with Gasteiger partial charge in [0.15, 0.2) is 6.61 Å². The summed E-state index contributed by atoms with van der Waals surface area (Å²) in [4.78, 5) is 27.2. The van der Waals surface area contributed by atoms with Crippen molar-refractivity contribution < 1.29 is 19.1 Å². The molecule has 3 rings (SSSR count). The van der Waals surface area contributed by atoms with Crippen LogP contribution in [0, 0.1) is 0 Å². The van der Waals surface area contributed by atoms with E-state index >= 15 is 0 Å². The zero-order chi connectivity index (χ0) is 25.3. The quantitative estimate of drug-likeness (QED) is 0.371. The van der Waals surface area contributed by atoms with Crippen molar-refractivity contribution in [2.75, 3.05) is 13.2 Å². The lowest BCUT2D eigenvalue weighted by Crippen LogP contribution is -2.43. The molecule has 0 saturated heterocycles. The molecule has 0 aromatic heterocycles. The molecule has 2 aromatic carbocycles. The van der Waals surface area contributed by atoms with E-state index in [0.29, 0.717) is 18.8 Å². The largest absolute Gasteiger partial charge is 0.484 e. The van der Waals surface area contributed by atoms with Gasteiger partial charge in [-0.1, -0.05) is 49.7 Å². The van der Waals surface area contributed by atoms with Gasteiger partial charge in [-0.2, -0.15) is 0 Å². The van der Waals surface area contributed by atoms with E-state index in [0.717, 1.165) is 49.7 Å². The van der Waals surface area contributed by atoms with E-state index in [2.05, 4.69) is 18.3 Å². The number of rotatable bonds is 9. The van der Waals surface area contributed by atoms with Crippen molar-refractivity contribution in [3.8, 4) is 5.75 Å². The maximum atomic E-state index is 13.3. The third kappa shape index (κ3) is 8.61.